The van der Waals surface area contributed by atoms with Gasteiger partial charge >= 0.3 is 5.97 Å². The fourth-order valence-electron chi connectivity index (χ4n) is 1.49. The van der Waals surface area contributed by atoms with Crippen LogP contribution in [0.25, 0.3) is 0 Å². The third kappa shape index (κ3) is 5.07. The summed E-state index contributed by atoms with van der Waals surface area (Å²) in [6.45, 7) is -5.00. The molecule has 0 aromatic heterocycles. The highest BCUT2D eigenvalue weighted by molar-refractivity contribution is 6.30. The van der Waals surface area contributed by atoms with E-state index in [1.54, 1.807) is 0 Å². The van der Waals surface area contributed by atoms with E-state index < -0.39 is 107 Å². The van der Waals surface area contributed by atoms with Crippen LogP contribution in [-0.2, 0) is 9.53 Å². The van der Waals surface area contributed by atoms with Crippen LogP contribution < -0.4 is 4.74 Å². The van der Waals surface area contributed by atoms with Crippen molar-refractivity contribution in [3.63, 3.8) is 0 Å². The van der Waals surface area contributed by atoms with Crippen molar-refractivity contribution in [1.82, 2.24) is 0 Å². The zero-order chi connectivity index (χ0) is 30.6. The lowest BCUT2D eigenvalue weighted by molar-refractivity contribution is -0.163. The fraction of sp³-hybridized carbons (Fsp3) is 0.300. The third-order valence-corrected chi connectivity index (χ3v) is 2.73. The summed E-state index contributed by atoms with van der Waals surface area (Å²) in [6, 6.07) is -8.40. The highest BCUT2D eigenvalue weighted by atomic mass is 35.5. The predicted molar refractivity (Wildman–Crippen MR) is 97.3 cm³/mol. The molecule has 0 saturated carbocycles. The monoisotopic (exact) mass is 374 g/mol. The summed E-state index contributed by atoms with van der Waals surface area (Å²) in [5.41, 5.74) is -5.79. The second-order valence-electron chi connectivity index (χ2n) is 4.96. The first kappa shape index (κ1) is 7.50. The molecule has 0 radical (unpaired) electrons. The van der Waals surface area contributed by atoms with Crippen LogP contribution in [0.4, 0.5) is 0 Å². The first-order chi connectivity index (χ1) is 17.5. The van der Waals surface area contributed by atoms with Gasteiger partial charge in [0.2, 0.25) is 0 Å². The second-order valence-corrected chi connectivity index (χ2v) is 5.34. The van der Waals surface area contributed by atoms with Gasteiger partial charge in [0.15, 0.2) is 11.4 Å². The Kier molecular flexibility index (Phi) is 2.31. The molecule has 0 unspecified atom stereocenters. The smallest absolute Gasteiger partial charge is 0.350 e. The number of benzene rings is 2. The van der Waals surface area contributed by atoms with E-state index in [4.69, 9.17) is 40.3 Å². The van der Waals surface area contributed by atoms with Gasteiger partial charge in [-0.1, -0.05) is 11.6 Å². The predicted octanol–water partition coefficient (Wildman–Crippen LogP) is 4.68. The fourth-order valence-corrected chi connectivity index (χ4v) is 1.59. The van der Waals surface area contributed by atoms with Gasteiger partial charge in [0.25, 0.3) is 0 Å². The minimum Gasteiger partial charge on any atom is -0.476 e. The van der Waals surface area contributed by atoms with E-state index >= 15 is 0 Å². The van der Waals surface area contributed by atoms with Crippen molar-refractivity contribution in [2.24, 2.45) is 0 Å². The molecule has 0 atom stereocenters. The average molecular weight is 375 g/mol. The molecule has 0 aliphatic rings. The van der Waals surface area contributed by atoms with Gasteiger partial charge in [-0.2, -0.15) is 0 Å². The molecule has 0 fully saturated rings. The van der Waals surface area contributed by atoms with Gasteiger partial charge in [-0.05, 0) is 75.9 Å². The van der Waals surface area contributed by atoms with Gasteiger partial charge in [-0.3, -0.25) is 4.79 Å². The van der Waals surface area contributed by atoms with Crippen LogP contribution in [0.3, 0.4) is 0 Å². The van der Waals surface area contributed by atoms with Crippen LogP contribution in [0.1, 0.15) is 62.7 Å². The standard InChI is InChI=1S/C20H21ClO4/c1-13(2)24-19(23)20(3,4)25-17-11-7-15(8-12-17)18(22)14-5-9-16(21)10-6-14/h5-13H,1-4H3/i3D3,4D3,5D,6D,7D,8D,9D,10D,11D,12D. The maximum atomic E-state index is 13.2. The lowest BCUT2D eigenvalue weighted by Crippen LogP contribution is -2.40. The summed E-state index contributed by atoms with van der Waals surface area (Å²) in [5.74, 6) is -4.66. The number of hydrogen-bond acceptors (Lipinski definition) is 4. The largest absolute Gasteiger partial charge is 0.476 e. The molecule has 5 heteroatoms. The van der Waals surface area contributed by atoms with Gasteiger partial charge in [0.1, 0.15) is 5.75 Å². The summed E-state index contributed by atoms with van der Waals surface area (Å²) in [6.07, 6.45) is -1.02. The zero-order valence-electron chi connectivity index (χ0n) is 27.1. The number of rotatable bonds is 6. The van der Waals surface area contributed by atoms with E-state index in [1.807, 2.05) is 0 Å². The first-order valence-electron chi connectivity index (χ1n) is 13.9. The average Bonchev–Trinajstić information content (AvgIpc) is 2.78. The van der Waals surface area contributed by atoms with Crippen molar-refractivity contribution in [2.75, 3.05) is 0 Å². The van der Waals surface area contributed by atoms with E-state index in [9.17, 15) is 9.59 Å². The Morgan fingerprint density at radius 3 is 2.04 bits per heavy atom. The minimum absolute atomic E-state index is 0.608. The topological polar surface area (TPSA) is 52.6 Å². The summed E-state index contributed by atoms with van der Waals surface area (Å²) in [7, 11) is 0. The molecule has 2 aromatic rings. The van der Waals surface area contributed by atoms with Gasteiger partial charge in [-0.15, -0.1) is 0 Å². The normalized spacial score (nSPS) is 20.3. The highest BCUT2D eigenvalue weighted by Gasteiger charge is 2.32. The summed E-state index contributed by atoms with van der Waals surface area (Å²) >= 11 is 5.73. The Morgan fingerprint density at radius 2 is 1.56 bits per heavy atom. The number of esters is 1. The number of halogens is 1. The summed E-state index contributed by atoms with van der Waals surface area (Å²) in [4.78, 5) is 26.1. The molecule has 4 nitrogen and oxygen atoms in total. The lowest BCUT2D eigenvalue weighted by Gasteiger charge is -2.25. The Balaban J connectivity index is 2.90. The number of carbonyl (C=O) groups excluding carboxylic acids is 2. The quantitative estimate of drug-likeness (QED) is 0.544. The molecule has 25 heavy (non-hydrogen) atoms. The Morgan fingerprint density at radius 1 is 1.04 bits per heavy atom. The van der Waals surface area contributed by atoms with E-state index in [2.05, 4.69) is 0 Å². The molecule has 2 aromatic carbocycles. The first-order valence-corrected chi connectivity index (χ1v) is 7.23. The molecule has 0 N–H and O–H groups in total. The van der Waals surface area contributed by atoms with Crippen LogP contribution in [-0.4, -0.2) is 23.5 Å². The maximum absolute atomic E-state index is 13.2. The van der Waals surface area contributed by atoms with Crippen LogP contribution >= 0.6 is 11.6 Å². The van der Waals surface area contributed by atoms with Crippen LogP contribution in [0.2, 0.25) is 5.02 Å². The second kappa shape index (κ2) is 7.70. The number of ketones is 1. The van der Waals surface area contributed by atoms with Crippen molar-refractivity contribution >= 4 is 23.4 Å². The van der Waals surface area contributed by atoms with E-state index in [0.717, 1.165) is 0 Å². The van der Waals surface area contributed by atoms with Crippen LogP contribution in [0, 0.1) is 0 Å². The van der Waals surface area contributed by atoms with Crippen molar-refractivity contribution < 1.29 is 38.3 Å². The highest BCUT2D eigenvalue weighted by Crippen LogP contribution is 2.22. The molecule has 0 heterocycles. The molecule has 0 aliphatic carbocycles. The van der Waals surface area contributed by atoms with Gasteiger partial charge in [0, 0.05) is 24.4 Å². The molecule has 132 valence electrons. The molecule has 0 saturated heterocycles. The van der Waals surface area contributed by atoms with Crippen LogP contribution in [0.15, 0.2) is 48.3 Å². The van der Waals surface area contributed by atoms with Crippen molar-refractivity contribution in [2.45, 2.75) is 39.3 Å². The van der Waals surface area contributed by atoms with E-state index in [-0.39, 0.29) is 0 Å². The van der Waals surface area contributed by atoms with Crippen molar-refractivity contribution in [3.8, 4) is 5.75 Å². The summed E-state index contributed by atoms with van der Waals surface area (Å²) < 4.78 is 121. The molecule has 0 aliphatic heterocycles. The van der Waals surface area contributed by atoms with Crippen LogP contribution in [0.5, 0.6) is 5.75 Å². The minimum atomic E-state index is -3.81. The Labute approximate surface area is 172 Å². The Bertz CT molecular complexity index is 1280. The van der Waals surface area contributed by atoms with Crippen molar-refractivity contribution in [1.29, 1.82) is 0 Å². The third-order valence-electron chi connectivity index (χ3n) is 2.54. The number of ether oxygens (including phenoxy) is 2. The van der Waals surface area contributed by atoms with E-state index in [0.29, 0.717) is 0 Å². The van der Waals surface area contributed by atoms with Gasteiger partial charge in [-0.25, -0.2) is 4.79 Å². The molecule has 0 amide bonds. The number of carbonyl (C=O) groups is 2. The molecular weight excluding hydrogens is 340 g/mol. The Hall–Kier alpha value is -2.33. The molecular formula is C20H21ClO4. The van der Waals surface area contributed by atoms with E-state index in [1.165, 1.54) is 13.8 Å². The molecule has 0 bridgehead atoms. The zero-order valence-corrected chi connectivity index (χ0v) is 13.8. The van der Waals surface area contributed by atoms with Gasteiger partial charge in [0.05, 0.1) is 17.1 Å². The number of hydrogen-bond donors (Lipinski definition) is 0. The van der Waals surface area contributed by atoms with Gasteiger partial charge < -0.3 is 9.47 Å². The van der Waals surface area contributed by atoms with Crippen molar-refractivity contribution in [3.05, 3.63) is 64.5 Å². The molecule has 0 spiro atoms. The summed E-state index contributed by atoms with van der Waals surface area (Å²) in [5, 5.41) is -0.608. The molecule has 2 rings (SSSR count). The SMILES string of the molecule is [2H]c1c([2H])c(C(=O)c2c([2H])c([2H])c(OC(C(=O)OC(C)C)(C([2H])([2H])[2H])C([2H])([2H])[2H])c([2H])c2[2H])c([2H])c([2H])c1Cl. The maximum Gasteiger partial charge on any atom is 0.350 e. The lowest BCUT2D eigenvalue weighted by atomic mass is 10.0.